The van der Waals surface area contributed by atoms with Gasteiger partial charge in [0, 0.05) is 31.0 Å². The van der Waals surface area contributed by atoms with Crippen LogP contribution in [0.15, 0.2) is 60.2 Å². The van der Waals surface area contributed by atoms with E-state index in [-0.39, 0.29) is 11.8 Å². The van der Waals surface area contributed by atoms with Gasteiger partial charge in [-0.25, -0.2) is 4.98 Å². The van der Waals surface area contributed by atoms with Crippen LogP contribution in [0.25, 0.3) is 11.0 Å². The summed E-state index contributed by atoms with van der Waals surface area (Å²) in [6.45, 7) is 3.02. The first-order valence-corrected chi connectivity index (χ1v) is 10.0. The molecule has 0 fully saturated rings. The number of imidazole rings is 1. The van der Waals surface area contributed by atoms with Crippen molar-refractivity contribution in [3.05, 3.63) is 76.5 Å². The van der Waals surface area contributed by atoms with Gasteiger partial charge in [-0.05, 0) is 42.6 Å². The lowest BCUT2D eigenvalue weighted by Gasteiger charge is -2.10. The van der Waals surface area contributed by atoms with Crippen molar-refractivity contribution in [3.8, 4) is 0 Å². The Balaban J connectivity index is 1.40. The first kappa shape index (κ1) is 18.8. The third-order valence-electron chi connectivity index (χ3n) is 4.53. The molecule has 0 spiro atoms. The molecule has 3 aromatic heterocycles. The number of thiophene rings is 1. The molecule has 7 nitrogen and oxygen atoms in total. The monoisotopic (exact) mass is 405 g/mol. The fourth-order valence-corrected chi connectivity index (χ4v) is 3.89. The van der Waals surface area contributed by atoms with Crippen molar-refractivity contribution >= 4 is 39.9 Å². The third-order valence-corrected chi connectivity index (χ3v) is 5.44. The Morgan fingerprint density at radius 1 is 1.07 bits per heavy atom. The molecule has 4 aromatic rings. The number of nitrogens with zero attached hydrogens (tertiary/aromatic N) is 3. The molecule has 2 N–H and O–H groups in total. The maximum atomic E-state index is 12.6. The number of benzene rings is 1. The van der Waals surface area contributed by atoms with E-state index in [0.717, 1.165) is 16.9 Å². The molecule has 29 heavy (non-hydrogen) atoms. The van der Waals surface area contributed by atoms with Crippen LogP contribution in [0, 0.1) is 6.92 Å². The second-order valence-electron chi connectivity index (χ2n) is 6.41. The van der Waals surface area contributed by atoms with Crippen LogP contribution in [0.2, 0.25) is 0 Å². The molecular formula is C21H19N5O2S. The molecule has 0 aliphatic heterocycles. The van der Waals surface area contributed by atoms with E-state index in [4.69, 9.17) is 0 Å². The van der Waals surface area contributed by atoms with Crippen molar-refractivity contribution in [3.63, 3.8) is 0 Å². The number of para-hydroxylation sites is 2. The van der Waals surface area contributed by atoms with Crippen molar-refractivity contribution in [2.24, 2.45) is 0 Å². The lowest BCUT2D eigenvalue weighted by atomic mass is 10.2. The number of carbonyl (C=O) groups excluding carboxylic acids is 2. The van der Waals surface area contributed by atoms with Crippen LogP contribution in [-0.2, 0) is 6.54 Å². The van der Waals surface area contributed by atoms with Gasteiger partial charge in [-0.3, -0.25) is 14.6 Å². The van der Waals surface area contributed by atoms with Crippen LogP contribution in [0.1, 0.15) is 25.9 Å². The summed E-state index contributed by atoms with van der Waals surface area (Å²) in [6, 6.07) is 12.9. The first-order chi connectivity index (χ1) is 14.1. The summed E-state index contributed by atoms with van der Waals surface area (Å²) in [5, 5.41) is 7.51. The maximum Gasteiger partial charge on any atom is 0.263 e. The average molecular weight is 405 g/mol. The summed E-state index contributed by atoms with van der Waals surface area (Å²) < 4.78 is 2.08. The predicted octanol–water partition coefficient (Wildman–Crippen LogP) is 3.48. The van der Waals surface area contributed by atoms with Crippen molar-refractivity contribution in [1.29, 1.82) is 0 Å². The van der Waals surface area contributed by atoms with Crippen LogP contribution >= 0.6 is 11.3 Å². The van der Waals surface area contributed by atoms with Crippen molar-refractivity contribution in [2.75, 3.05) is 11.9 Å². The van der Waals surface area contributed by atoms with Crippen LogP contribution in [0.4, 0.5) is 5.69 Å². The Morgan fingerprint density at radius 2 is 1.86 bits per heavy atom. The van der Waals surface area contributed by atoms with Crippen LogP contribution in [-0.4, -0.2) is 32.9 Å². The topological polar surface area (TPSA) is 88.9 Å². The second kappa shape index (κ2) is 8.24. The minimum absolute atomic E-state index is 0.216. The quantitative estimate of drug-likeness (QED) is 0.514. The fraction of sp³-hybridized carbons (Fsp3) is 0.143. The Kier molecular flexibility index (Phi) is 5.35. The molecule has 146 valence electrons. The van der Waals surface area contributed by atoms with Gasteiger partial charge in [0.25, 0.3) is 11.8 Å². The normalized spacial score (nSPS) is 10.8. The number of carbonyl (C=O) groups is 2. The van der Waals surface area contributed by atoms with Gasteiger partial charge in [0.15, 0.2) is 0 Å². The molecule has 3 heterocycles. The SMILES string of the molecule is Cc1nc2ccccc2n1CCNC(=O)c1sccc1NC(=O)c1ccncc1. The maximum absolute atomic E-state index is 12.6. The van der Waals surface area contributed by atoms with E-state index in [0.29, 0.717) is 29.2 Å². The molecule has 1 aromatic carbocycles. The Bertz CT molecular complexity index is 1170. The summed E-state index contributed by atoms with van der Waals surface area (Å²) >= 11 is 1.29. The van der Waals surface area contributed by atoms with E-state index < -0.39 is 0 Å². The predicted molar refractivity (Wildman–Crippen MR) is 113 cm³/mol. The smallest absolute Gasteiger partial charge is 0.263 e. The number of hydrogen-bond donors (Lipinski definition) is 2. The van der Waals surface area contributed by atoms with E-state index >= 15 is 0 Å². The van der Waals surface area contributed by atoms with Gasteiger partial charge >= 0.3 is 0 Å². The molecule has 0 bridgehead atoms. The Hall–Kier alpha value is -3.52. The summed E-state index contributed by atoms with van der Waals surface area (Å²) in [7, 11) is 0. The van der Waals surface area contributed by atoms with Gasteiger partial charge in [-0.15, -0.1) is 11.3 Å². The van der Waals surface area contributed by atoms with E-state index in [1.165, 1.54) is 11.3 Å². The summed E-state index contributed by atoms with van der Waals surface area (Å²) in [4.78, 5) is 33.9. The minimum Gasteiger partial charge on any atom is -0.349 e. The number of hydrogen-bond acceptors (Lipinski definition) is 5. The number of aromatic nitrogens is 3. The molecule has 8 heteroatoms. The number of fused-ring (bicyclic) bond motifs is 1. The van der Waals surface area contributed by atoms with Crippen LogP contribution in [0.5, 0.6) is 0 Å². The number of amides is 2. The van der Waals surface area contributed by atoms with Crippen molar-refractivity contribution < 1.29 is 9.59 Å². The summed E-state index contributed by atoms with van der Waals surface area (Å²) in [6.07, 6.45) is 3.11. The molecular weight excluding hydrogens is 386 g/mol. The number of nitrogens with one attached hydrogen (secondary N) is 2. The van der Waals surface area contributed by atoms with Crippen LogP contribution < -0.4 is 10.6 Å². The third kappa shape index (κ3) is 4.02. The molecule has 2 amide bonds. The highest BCUT2D eigenvalue weighted by Gasteiger charge is 2.16. The van der Waals surface area contributed by atoms with Crippen LogP contribution in [0.3, 0.4) is 0 Å². The van der Waals surface area contributed by atoms with Gasteiger partial charge in [0.05, 0.1) is 16.7 Å². The number of anilines is 1. The fourth-order valence-electron chi connectivity index (χ4n) is 3.12. The lowest BCUT2D eigenvalue weighted by Crippen LogP contribution is -2.27. The minimum atomic E-state index is -0.277. The van der Waals surface area contributed by atoms with E-state index in [2.05, 4.69) is 25.2 Å². The highest BCUT2D eigenvalue weighted by Crippen LogP contribution is 2.23. The van der Waals surface area contributed by atoms with Crippen molar-refractivity contribution in [1.82, 2.24) is 19.9 Å². The molecule has 0 aliphatic carbocycles. The van der Waals surface area contributed by atoms with Crippen molar-refractivity contribution in [2.45, 2.75) is 13.5 Å². The largest absolute Gasteiger partial charge is 0.349 e. The van der Waals surface area contributed by atoms with Gasteiger partial charge in [-0.1, -0.05) is 12.1 Å². The highest BCUT2D eigenvalue weighted by molar-refractivity contribution is 7.12. The average Bonchev–Trinajstić information content (AvgIpc) is 3.32. The molecule has 0 unspecified atom stereocenters. The van der Waals surface area contributed by atoms with E-state index in [9.17, 15) is 9.59 Å². The number of pyridine rings is 1. The Labute approximate surface area is 171 Å². The first-order valence-electron chi connectivity index (χ1n) is 9.12. The summed E-state index contributed by atoms with van der Waals surface area (Å²) in [5.41, 5.74) is 2.97. The van der Waals surface area contributed by atoms with Gasteiger partial charge < -0.3 is 15.2 Å². The standard InChI is InChI=1S/C21H19N5O2S/c1-14-24-16-4-2-3-5-18(16)26(14)12-11-23-21(28)19-17(8-13-29-19)25-20(27)15-6-9-22-10-7-15/h2-10,13H,11-12H2,1H3,(H,23,28)(H,25,27). The zero-order chi connectivity index (χ0) is 20.2. The number of aryl methyl sites for hydroxylation is 1. The molecule has 0 radical (unpaired) electrons. The van der Waals surface area contributed by atoms with Gasteiger partial charge in [0.2, 0.25) is 0 Å². The summed E-state index contributed by atoms with van der Waals surface area (Å²) in [5.74, 6) is 0.411. The molecule has 0 saturated heterocycles. The second-order valence-corrected chi connectivity index (χ2v) is 7.32. The molecule has 0 atom stereocenters. The van der Waals surface area contributed by atoms with Gasteiger partial charge in [-0.2, -0.15) is 0 Å². The highest BCUT2D eigenvalue weighted by atomic mass is 32.1. The zero-order valence-electron chi connectivity index (χ0n) is 15.8. The molecule has 0 saturated carbocycles. The molecule has 0 aliphatic rings. The molecule has 4 rings (SSSR count). The lowest BCUT2D eigenvalue weighted by molar-refractivity contribution is 0.0957. The Morgan fingerprint density at radius 3 is 2.69 bits per heavy atom. The zero-order valence-corrected chi connectivity index (χ0v) is 16.6. The van der Waals surface area contributed by atoms with E-state index in [1.807, 2.05) is 31.2 Å². The van der Waals surface area contributed by atoms with Gasteiger partial charge in [0.1, 0.15) is 10.7 Å². The number of rotatable bonds is 6. The van der Waals surface area contributed by atoms with E-state index in [1.54, 1.807) is 36.0 Å².